The minimum absolute atomic E-state index is 0.0964. The van der Waals surface area contributed by atoms with Crippen LogP contribution in [0, 0.1) is 0 Å². The van der Waals surface area contributed by atoms with Crippen molar-refractivity contribution in [2.24, 2.45) is 0 Å². The fourth-order valence-corrected chi connectivity index (χ4v) is 10.1. The Kier molecular flexibility index (Phi) is 61.2. The fourth-order valence-electron chi connectivity index (χ4n) is 8.56. The maximum Gasteiger partial charge on any atom is 0.472 e. The smallest absolute Gasteiger partial charge is 0.463 e. The number of hydrogen-bond acceptors (Lipinski definition) is 14. The number of aliphatic hydroxyl groups is 2. The molecular formula is C71H120O16P2. The first-order valence-corrected chi connectivity index (χ1v) is 36.8. The molecule has 0 aliphatic heterocycles. The molecule has 16 nitrogen and oxygen atoms in total. The van der Waals surface area contributed by atoms with Crippen LogP contribution in [0.1, 0.15) is 252 Å². The molecule has 0 aliphatic carbocycles. The third-order valence-corrected chi connectivity index (χ3v) is 15.6. The lowest BCUT2D eigenvalue weighted by Crippen LogP contribution is -2.30. The standard InChI is InChI=1S/C71H120O16P2/c1-4-7-10-13-16-19-22-25-28-30-32-34-37-39-42-45-48-51-54-57-69(74)81-60-66(72)61-83-88(77,78)84-62-67(73)63-85-89(79,80)86-65-68(87-71(76)59-56-53-50-47-44-41-36-27-24-21-18-15-12-9-6-3)64-82-70(75)58-55-52-49-46-43-40-38-35-33-31-29-26-23-20-17-14-11-8-5-2/h7-8,10-11,16-17,19-20,25-26,28-29,32-35,39-40,42-43,66-68,72-73H,4-6,9,12-15,18,21-24,27,30-31,36-38,41,44-65H2,1-3H3,(H,77,78)(H,79,80)/b10-7-,11-8-,19-16-,20-17-,28-25-,29-26-,34-32-,35-33-,42-39-,43-40-. The topological polar surface area (TPSA) is 231 Å². The summed E-state index contributed by atoms with van der Waals surface area (Å²) in [6.07, 6.45) is 72.5. The van der Waals surface area contributed by atoms with E-state index in [4.69, 9.17) is 32.3 Å². The Bertz CT molecular complexity index is 2110. The van der Waals surface area contributed by atoms with Gasteiger partial charge >= 0.3 is 33.6 Å². The summed E-state index contributed by atoms with van der Waals surface area (Å²) in [5.41, 5.74) is 0. The van der Waals surface area contributed by atoms with E-state index in [2.05, 4.69) is 142 Å². The normalized spacial score (nSPS) is 15.0. The van der Waals surface area contributed by atoms with Crippen molar-refractivity contribution in [3.63, 3.8) is 0 Å². The lowest BCUT2D eigenvalue weighted by molar-refractivity contribution is -0.161. The number of ether oxygens (including phenoxy) is 3. The zero-order valence-corrected chi connectivity index (χ0v) is 56.8. The Hall–Kier alpha value is -4.05. The second-order valence-electron chi connectivity index (χ2n) is 22.2. The molecule has 0 saturated heterocycles. The molecular weight excluding hydrogens is 1170 g/mol. The van der Waals surface area contributed by atoms with E-state index in [-0.39, 0.29) is 19.3 Å². The highest BCUT2D eigenvalue weighted by atomic mass is 31.2. The number of phosphoric acid groups is 2. The Morgan fingerprint density at radius 1 is 0.326 bits per heavy atom. The number of aliphatic hydroxyl groups excluding tert-OH is 2. The SMILES string of the molecule is CC/C=C\C/C=C\C/C=C\C/C=C\C/C=C\CCCCCC(=O)OCC(O)COP(=O)(O)OCC(O)COP(=O)(O)OCC(COC(=O)CCCCC/C=C\C/C=C\C/C=C\C/C=C\C/C=C\CC)OC(=O)CCCCCCCCCCCCCCCCC. The molecule has 510 valence electrons. The first-order chi connectivity index (χ1) is 43.2. The molecule has 0 saturated carbocycles. The lowest BCUT2D eigenvalue weighted by atomic mass is 10.0. The van der Waals surface area contributed by atoms with Crippen LogP contribution in [0.2, 0.25) is 0 Å². The number of carbonyl (C=O) groups is 3. The molecule has 5 unspecified atom stereocenters. The van der Waals surface area contributed by atoms with Crippen LogP contribution in [0.15, 0.2) is 122 Å². The molecule has 0 heterocycles. The first-order valence-electron chi connectivity index (χ1n) is 33.8. The van der Waals surface area contributed by atoms with E-state index >= 15 is 0 Å². The summed E-state index contributed by atoms with van der Waals surface area (Å²) >= 11 is 0. The average molecular weight is 1290 g/mol. The number of allylic oxidation sites excluding steroid dienone is 20. The highest BCUT2D eigenvalue weighted by Crippen LogP contribution is 2.45. The van der Waals surface area contributed by atoms with Gasteiger partial charge in [0.15, 0.2) is 6.10 Å². The number of hydrogen-bond donors (Lipinski definition) is 4. The molecule has 0 aromatic carbocycles. The van der Waals surface area contributed by atoms with E-state index < -0.39 is 91.5 Å². The summed E-state index contributed by atoms with van der Waals surface area (Å²) in [7, 11) is -9.80. The molecule has 18 heteroatoms. The van der Waals surface area contributed by atoms with Crippen LogP contribution in [0.5, 0.6) is 0 Å². The van der Waals surface area contributed by atoms with Gasteiger partial charge in [0.25, 0.3) is 0 Å². The van der Waals surface area contributed by atoms with Gasteiger partial charge in [-0.25, -0.2) is 9.13 Å². The van der Waals surface area contributed by atoms with Gasteiger partial charge in [0, 0.05) is 19.3 Å². The van der Waals surface area contributed by atoms with Crippen LogP contribution in [0.3, 0.4) is 0 Å². The van der Waals surface area contributed by atoms with Gasteiger partial charge in [-0.05, 0) is 109 Å². The molecule has 0 aliphatic rings. The summed E-state index contributed by atoms with van der Waals surface area (Å²) in [6, 6.07) is 0. The summed E-state index contributed by atoms with van der Waals surface area (Å²) in [5.74, 6) is -1.64. The predicted molar refractivity (Wildman–Crippen MR) is 362 cm³/mol. The molecule has 0 bridgehead atoms. The van der Waals surface area contributed by atoms with E-state index in [0.717, 1.165) is 128 Å². The Balaban J connectivity index is 4.75. The van der Waals surface area contributed by atoms with Crippen LogP contribution in [-0.4, -0.2) is 95.9 Å². The monoisotopic (exact) mass is 1290 g/mol. The van der Waals surface area contributed by atoms with Crippen molar-refractivity contribution < 1.29 is 75.8 Å². The quantitative estimate of drug-likeness (QED) is 0.0146. The van der Waals surface area contributed by atoms with Crippen molar-refractivity contribution in [2.45, 2.75) is 270 Å². The second kappa shape index (κ2) is 64.1. The van der Waals surface area contributed by atoms with Crippen molar-refractivity contribution in [3.8, 4) is 0 Å². The van der Waals surface area contributed by atoms with Crippen LogP contribution in [-0.2, 0) is 55.8 Å². The van der Waals surface area contributed by atoms with Crippen molar-refractivity contribution in [1.29, 1.82) is 0 Å². The number of unbranched alkanes of at least 4 members (excludes halogenated alkanes) is 20. The molecule has 0 rings (SSSR count). The average Bonchev–Trinajstić information content (AvgIpc) is 3.54. The third-order valence-electron chi connectivity index (χ3n) is 13.7. The molecule has 0 aromatic rings. The summed E-state index contributed by atoms with van der Waals surface area (Å²) in [6.45, 7) is 2.36. The van der Waals surface area contributed by atoms with Gasteiger partial charge in [-0.15, -0.1) is 0 Å². The van der Waals surface area contributed by atoms with E-state index in [1.54, 1.807) is 0 Å². The maximum absolute atomic E-state index is 12.9. The second-order valence-corrected chi connectivity index (χ2v) is 25.1. The highest BCUT2D eigenvalue weighted by molar-refractivity contribution is 7.47. The largest absolute Gasteiger partial charge is 0.472 e. The van der Waals surface area contributed by atoms with E-state index in [1.165, 1.54) is 64.2 Å². The van der Waals surface area contributed by atoms with Gasteiger partial charge in [-0.2, -0.15) is 0 Å². The minimum Gasteiger partial charge on any atom is -0.463 e. The van der Waals surface area contributed by atoms with Gasteiger partial charge in [0.05, 0.1) is 26.4 Å². The molecule has 0 aromatic heterocycles. The van der Waals surface area contributed by atoms with Gasteiger partial charge in [-0.1, -0.05) is 245 Å². The van der Waals surface area contributed by atoms with Crippen molar-refractivity contribution >= 4 is 33.6 Å². The fraction of sp³-hybridized carbons (Fsp3) is 0.676. The number of esters is 3. The number of carbonyl (C=O) groups excluding carboxylic acids is 3. The van der Waals surface area contributed by atoms with Crippen LogP contribution < -0.4 is 0 Å². The summed E-state index contributed by atoms with van der Waals surface area (Å²) in [5, 5.41) is 20.5. The molecule has 0 amide bonds. The van der Waals surface area contributed by atoms with Gasteiger partial charge in [0.1, 0.15) is 25.4 Å². The zero-order chi connectivity index (χ0) is 65.3. The molecule has 5 atom stereocenters. The summed E-state index contributed by atoms with van der Waals surface area (Å²) < 4.78 is 60.8. The number of rotatable bonds is 63. The maximum atomic E-state index is 12.9. The van der Waals surface area contributed by atoms with Gasteiger partial charge in [0.2, 0.25) is 0 Å². The van der Waals surface area contributed by atoms with Crippen molar-refractivity contribution in [2.75, 3.05) is 39.6 Å². The van der Waals surface area contributed by atoms with E-state index in [9.17, 15) is 43.5 Å². The van der Waals surface area contributed by atoms with E-state index in [0.29, 0.717) is 19.3 Å². The van der Waals surface area contributed by atoms with Crippen molar-refractivity contribution in [3.05, 3.63) is 122 Å². The molecule has 0 spiro atoms. The number of phosphoric ester groups is 2. The Morgan fingerprint density at radius 3 is 0.944 bits per heavy atom. The van der Waals surface area contributed by atoms with Crippen molar-refractivity contribution in [1.82, 2.24) is 0 Å². The first kappa shape index (κ1) is 85.0. The summed E-state index contributed by atoms with van der Waals surface area (Å²) in [4.78, 5) is 58.4. The van der Waals surface area contributed by atoms with E-state index in [1.807, 2.05) is 0 Å². The molecule has 4 N–H and O–H groups in total. The molecule has 89 heavy (non-hydrogen) atoms. The zero-order valence-electron chi connectivity index (χ0n) is 55.1. The molecule has 0 radical (unpaired) electrons. The molecule has 0 fully saturated rings. The Morgan fingerprint density at radius 2 is 0.596 bits per heavy atom. The minimum atomic E-state index is -4.93. The van der Waals surface area contributed by atoms with Gasteiger partial charge < -0.3 is 34.2 Å². The highest BCUT2D eigenvalue weighted by Gasteiger charge is 2.29. The van der Waals surface area contributed by atoms with Crippen LogP contribution in [0.4, 0.5) is 0 Å². The predicted octanol–water partition coefficient (Wildman–Crippen LogP) is 18.6. The third kappa shape index (κ3) is 65.3. The lowest BCUT2D eigenvalue weighted by Gasteiger charge is -2.21. The Labute approximate surface area is 538 Å². The van der Waals surface area contributed by atoms with Crippen LogP contribution >= 0.6 is 15.6 Å². The van der Waals surface area contributed by atoms with Gasteiger partial charge in [-0.3, -0.25) is 32.5 Å². The van der Waals surface area contributed by atoms with Crippen LogP contribution in [0.25, 0.3) is 0 Å².